The van der Waals surface area contributed by atoms with Gasteiger partial charge in [-0.2, -0.15) is 13.2 Å². The molecular weight excluding hydrogens is 225 g/mol. The Balaban J connectivity index is 4.32. The van der Waals surface area contributed by atoms with E-state index in [-0.39, 0.29) is 6.61 Å². The lowest BCUT2D eigenvalue weighted by Crippen LogP contribution is -2.26. The monoisotopic (exact) mass is 240 g/mol. The molecule has 0 spiro atoms. The third-order valence-corrected chi connectivity index (χ3v) is 1.79. The van der Waals surface area contributed by atoms with E-state index in [1.165, 1.54) is 0 Å². The molecule has 0 aliphatic heterocycles. The Kier molecular flexibility index (Phi) is 7.62. The van der Waals surface area contributed by atoms with E-state index in [9.17, 15) is 18.0 Å². The number of ether oxygens (including phenoxy) is 2. The van der Waals surface area contributed by atoms with Gasteiger partial charge in [0.05, 0.1) is 0 Å². The topological polar surface area (TPSA) is 35.5 Å². The summed E-state index contributed by atoms with van der Waals surface area (Å²) in [4.78, 5) is 11.2. The molecule has 0 aromatic rings. The number of hydrogen-bond donors (Lipinski definition) is 0. The number of halogens is 3. The van der Waals surface area contributed by atoms with E-state index < -0.39 is 24.2 Å². The summed E-state index contributed by atoms with van der Waals surface area (Å²) < 4.78 is 44.5. The van der Waals surface area contributed by atoms with Crippen molar-refractivity contribution in [3.8, 4) is 0 Å². The van der Waals surface area contributed by atoms with Crippen LogP contribution in [0.5, 0.6) is 0 Å². The Morgan fingerprint density at radius 1 is 1.25 bits per heavy atom. The summed E-state index contributed by atoms with van der Waals surface area (Å²) in [5, 5.41) is 0. The maximum atomic E-state index is 12.3. The van der Waals surface area contributed by atoms with Crippen LogP contribution in [0, 0.1) is 0 Å². The molecule has 0 bridgehead atoms. The van der Waals surface area contributed by atoms with Gasteiger partial charge >= 0.3 is 18.1 Å². The Hall–Kier alpha value is -1.04. The summed E-state index contributed by atoms with van der Waals surface area (Å²) in [6, 6.07) is -2.16. The Bertz CT molecular complexity index is 250. The molecule has 0 aliphatic rings. The smallest absolute Gasteiger partial charge is 0.347 e. The number of carbonyl (C=O) groups excluding carboxylic acids is 1. The van der Waals surface area contributed by atoms with E-state index in [4.69, 9.17) is 4.74 Å². The third-order valence-electron chi connectivity index (χ3n) is 1.79. The van der Waals surface area contributed by atoms with Crippen LogP contribution >= 0.6 is 0 Å². The minimum atomic E-state index is -2.65. The fourth-order valence-corrected chi connectivity index (χ4v) is 1.05. The highest BCUT2D eigenvalue weighted by Crippen LogP contribution is 2.14. The highest BCUT2D eigenvalue weighted by molar-refractivity contribution is 5.75. The van der Waals surface area contributed by atoms with Crippen molar-refractivity contribution >= 4 is 5.97 Å². The molecule has 0 fully saturated rings. The molecule has 0 aromatic heterocycles. The second-order valence-electron chi connectivity index (χ2n) is 3.04. The Morgan fingerprint density at radius 2 is 1.88 bits per heavy atom. The van der Waals surface area contributed by atoms with Gasteiger partial charge < -0.3 is 9.47 Å². The standard InChI is InChI=1S/C10H15F3O3/c1-3-5-6-7(15-4-2)10(14)16-9(13)8(11)12/h7H,3-6H2,1-2H3. The summed E-state index contributed by atoms with van der Waals surface area (Å²) in [6.45, 7) is 3.77. The van der Waals surface area contributed by atoms with E-state index >= 15 is 0 Å². The van der Waals surface area contributed by atoms with Crippen LogP contribution in [-0.4, -0.2) is 18.7 Å². The normalized spacial score (nSPS) is 12.1. The summed E-state index contributed by atoms with van der Waals surface area (Å²) in [6.07, 6.45) is -1.84. The number of esters is 1. The molecule has 0 saturated heterocycles. The maximum Gasteiger partial charge on any atom is 0.347 e. The quantitative estimate of drug-likeness (QED) is 0.506. The van der Waals surface area contributed by atoms with Crippen molar-refractivity contribution in [3.63, 3.8) is 0 Å². The second-order valence-corrected chi connectivity index (χ2v) is 3.04. The van der Waals surface area contributed by atoms with Gasteiger partial charge in [-0.05, 0) is 13.3 Å². The fourth-order valence-electron chi connectivity index (χ4n) is 1.05. The first-order valence-electron chi connectivity index (χ1n) is 5.06. The van der Waals surface area contributed by atoms with Crippen molar-refractivity contribution in [1.29, 1.82) is 0 Å². The molecule has 0 N–H and O–H groups in total. The average molecular weight is 240 g/mol. The second kappa shape index (κ2) is 8.15. The lowest BCUT2D eigenvalue weighted by molar-refractivity contribution is -0.156. The minimum absolute atomic E-state index is 0.229. The molecule has 0 aromatic carbocycles. The number of hydrogen-bond acceptors (Lipinski definition) is 3. The van der Waals surface area contributed by atoms with E-state index in [2.05, 4.69) is 4.74 Å². The van der Waals surface area contributed by atoms with Gasteiger partial charge in [0.2, 0.25) is 0 Å². The summed E-state index contributed by atoms with van der Waals surface area (Å²) >= 11 is 0. The average Bonchev–Trinajstić information content (AvgIpc) is 2.23. The zero-order chi connectivity index (χ0) is 12.6. The van der Waals surface area contributed by atoms with Gasteiger partial charge in [0.25, 0.3) is 0 Å². The first kappa shape index (κ1) is 15.0. The van der Waals surface area contributed by atoms with Crippen molar-refractivity contribution in [2.45, 2.75) is 39.2 Å². The number of carbonyl (C=O) groups is 1. The van der Waals surface area contributed by atoms with Gasteiger partial charge in [-0.25, -0.2) is 4.79 Å². The van der Waals surface area contributed by atoms with Crippen LogP contribution in [0.3, 0.4) is 0 Å². The zero-order valence-corrected chi connectivity index (χ0v) is 9.26. The number of unbranched alkanes of at least 4 members (excludes halogenated alkanes) is 1. The van der Waals surface area contributed by atoms with E-state index in [1.54, 1.807) is 6.92 Å². The lowest BCUT2D eigenvalue weighted by Gasteiger charge is -2.14. The van der Waals surface area contributed by atoms with Crippen molar-refractivity contribution < 1.29 is 27.4 Å². The molecule has 0 radical (unpaired) electrons. The maximum absolute atomic E-state index is 12.3. The van der Waals surface area contributed by atoms with E-state index in [0.29, 0.717) is 12.8 Å². The molecule has 16 heavy (non-hydrogen) atoms. The van der Waals surface area contributed by atoms with Crippen LogP contribution in [0.15, 0.2) is 12.1 Å². The minimum Gasteiger partial charge on any atom is -0.393 e. The zero-order valence-electron chi connectivity index (χ0n) is 9.26. The first-order valence-corrected chi connectivity index (χ1v) is 5.06. The van der Waals surface area contributed by atoms with Gasteiger partial charge in [-0.15, -0.1) is 0 Å². The highest BCUT2D eigenvalue weighted by atomic mass is 19.3. The summed E-state index contributed by atoms with van der Waals surface area (Å²) in [7, 11) is 0. The van der Waals surface area contributed by atoms with Crippen LogP contribution < -0.4 is 0 Å². The fraction of sp³-hybridized carbons (Fsp3) is 0.700. The van der Waals surface area contributed by atoms with Crippen LogP contribution in [0.2, 0.25) is 0 Å². The van der Waals surface area contributed by atoms with Crippen LogP contribution in [0.25, 0.3) is 0 Å². The van der Waals surface area contributed by atoms with Gasteiger partial charge in [-0.3, -0.25) is 0 Å². The van der Waals surface area contributed by atoms with Gasteiger partial charge in [0.1, 0.15) is 0 Å². The van der Waals surface area contributed by atoms with Crippen molar-refractivity contribution in [1.82, 2.24) is 0 Å². The predicted molar refractivity (Wildman–Crippen MR) is 51.4 cm³/mol. The van der Waals surface area contributed by atoms with Gasteiger partial charge in [-0.1, -0.05) is 19.8 Å². The van der Waals surface area contributed by atoms with Crippen LogP contribution in [0.4, 0.5) is 13.2 Å². The van der Waals surface area contributed by atoms with Crippen molar-refractivity contribution in [3.05, 3.63) is 12.1 Å². The van der Waals surface area contributed by atoms with Crippen molar-refractivity contribution in [2.24, 2.45) is 0 Å². The first-order chi connectivity index (χ1) is 7.52. The molecule has 0 heterocycles. The predicted octanol–water partition coefficient (Wildman–Crippen LogP) is 3.16. The molecule has 1 atom stereocenters. The van der Waals surface area contributed by atoms with Crippen LogP contribution in [-0.2, 0) is 14.3 Å². The SMILES string of the molecule is CCCCC(OCC)C(=O)OC(F)=C(F)F. The molecule has 0 saturated carbocycles. The van der Waals surface area contributed by atoms with Crippen LogP contribution in [0.1, 0.15) is 33.1 Å². The molecule has 0 aliphatic carbocycles. The molecular formula is C10H15F3O3. The van der Waals surface area contributed by atoms with E-state index in [0.717, 1.165) is 6.42 Å². The molecule has 94 valence electrons. The molecule has 6 heteroatoms. The summed E-state index contributed by atoms with van der Waals surface area (Å²) in [5.41, 5.74) is 0. The van der Waals surface area contributed by atoms with Gasteiger partial charge in [0, 0.05) is 6.61 Å². The van der Waals surface area contributed by atoms with E-state index in [1.807, 2.05) is 6.92 Å². The highest BCUT2D eigenvalue weighted by Gasteiger charge is 2.23. The molecule has 0 rings (SSSR count). The lowest BCUT2D eigenvalue weighted by atomic mass is 10.1. The van der Waals surface area contributed by atoms with Crippen molar-refractivity contribution in [2.75, 3.05) is 6.61 Å². The van der Waals surface area contributed by atoms with Gasteiger partial charge in [0.15, 0.2) is 6.10 Å². The molecule has 1 unspecified atom stereocenters. The third kappa shape index (κ3) is 5.75. The Morgan fingerprint density at radius 3 is 2.31 bits per heavy atom. The molecule has 3 nitrogen and oxygen atoms in total. The molecule has 0 amide bonds. The largest absolute Gasteiger partial charge is 0.393 e. The summed E-state index contributed by atoms with van der Waals surface area (Å²) in [5.74, 6) is -1.12. The number of rotatable bonds is 7. The Labute approximate surface area is 92.2 Å².